The van der Waals surface area contributed by atoms with E-state index >= 15 is 0 Å². The fraction of sp³-hybridized carbons (Fsp3) is 1.00. The number of unbranched alkanes of at least 4 members (excludes halogenated alkanes) is 3. The first-order valence-electron chi connectivity index (χ1n) is 5.83. The van der Waals surface area contributed by atoms with E-state index in [1.807, 2.05) is 0 Å². The Morgan fingerprint density at radius 2 is 1.75 bits per heavy atom. The summed E-state index contributed by atoms with van der Waals surface area (Å²) in [5, 5.41) is 0. The molecule has 0 aliphatic heterocycles. The van der Waals surface area contributed by atoms with Gasteiger partial charge in [0.25, 0.3) is 0 Å². The van der Waals surface area contributed by atoms with Crippen molar-refractivity contribution in [1.29, 1.82) is 0 Å². The van der Waals surface area contributed by atoms with Gasteiger partial charge >= 0.3 is 0 Å². The first-order valence-corrected chi connectivity index (χ1v) is 5.83. The molecule has 1 aliphatic rings. The molecule has 0 unspecified atom stereocenters. The highest BCUT2D eigenvalue weighted by molar-refractivity contribution is 4.85. The maximum Gasteiger partial charge on any atom is -0.0300 e. The molecule has 0 heterocycles. The molecule has 1 rings (SSSR count). The normalized spacial score (nSPS) is 20.5. The van der Waals surface area contributed by atoms with Crippen molar-refractivity contribution in [1.82, 2.24) is 0 Å². The predicted molar refractivity (Wildman–Crippen MR) is 55.3 cm³/mol. The lowest BCUT2D eigenvalue weighted by atomic mass is 9.64. The Labute approximate surface area is 77.7 Å². The Kier molecular flexibility index (Phi) is 4.11. The van der Waals surface area contributed by atoms with E-state index in [1.165, 1.54) is 57.8 Å². The molecule has 0 nitrogen and oxygen atoms in total. The minimum atomic E-state index is 0.813. The summed E-state index contributed by atoms with van der Waals surface area (Å²) in [6.07, 6.45) is 13.3. The van der Waals surface area contributed by atoms with Crippen molar-refractivity contribution in [2.75, 3.05) is 0 Å². The SMILES string of the molecule is CCCCCCC1(CC)CCC1. The molecule has 0 N–H and O–H groups in total. The summed E-state index contributed by atoms with van der Waals surface area (Å²) in [5.41, 5.74) is 0.813. The molecule has 0 heteroatoms. The zero-order valence-corrected chi connectivity index (χ0v) is 8.86. The first-order chi connectivity index (χ1) is 5.83. The van der Waals surface area contributed by atoms with Gasteiger partial charge in [0.1, 0.15) is 0 Å². The van der Waals surface area contributed by atoms with Crippen LogP contribution in [0.2, 0.25) is 0 Å². The molecule has 1 saturated carbocycles. The van der Waals surface area contributed by atoms with Crippen LogP contribution in [0.1, 0.15) is 71.6 Å². The lowest BCUT2D eigenvalue weighted by Crippen LogP contribution is -2.28. The second-order valence-corrected chi connectivity index (χ2v) is 4.52. The maximum atomic E-state index is 2.37. The van der Waals surface area contributed by atoms with Crippen molar-refractivity contribution < 1.29 is 0 Å². The summed E-state index contributed by atoms with van der Waals surface area (Å²) in [7, 11) is 0. The highest BCUT2D eigenvalue weighted by Crippen LogP contribution is 2.47. The lowest BCUT2D eigenvalue weighted by molar-refractivity contribution is 0.109. The quantitative estimate of drug-likeness (QED) is 0.511. The van der Waals surface area contributed by atoms with Gasteiger partial charge in [-0.3, -0.25) is 0 Å². The smallest absolute Gasteiger partial charge is 0.0300 e. The van der Waals surface area contributed by atoms with Crippen molar-refractivity contribution in [2.24, 2.45) is 5.41 Å². The van der Waals surface area contributed by atoms with Gasteiger partial charge in [0.2, 0.25) is 0 Å². The summed E-state index contributed by atoms with van der Waals surface area (Å²) in [6, 6.07) is 0. The molecule has 1 fully saturated rings. The second-order valence-electron chi connectivity index (χ2n) is 4.52. The van der Waals surface area contributed by atoms with Gasteiger partial charge in [0.15, 0.2) is 0 Å². The van der Waals surface area contributed by atoms with Crippen LogP contribution in [0.5, 0.6) is 0 Å². The molecule has 0 aromatic heterocycles. The van der Waals surface area contributed by atoms with Crippen LogP contribution in [0, 0.1) is 5.41 Å². The summed E-state index contributed by atoms with van der Waals surface area (Å²) in [6.45, 7) is 4.66. The van der Waals surface area contributed by atoms with Gasteiger partial charge in [-0.15, -0.1) is 0 Å². The van der Waals surface area contributed by atoms with Crippen LogP contribution in [0.25, 0.3) is 0 Å². The zero-order chi connectivity index (χ0) is 8.86. The van der Waals surface area contributed by atoms with Gasteiger partial charge < -0.3 is 0 Å². The van der Waals surface area contributed by atoms with E-state index in [0.29, 0.717) is 0 Å². The van der Waals surface area contributed by atoms with Gasteiger partial charge in [-0.05, 0) is 24.7 Å². The summed E-state index contributed by atoms with van der Waals surface area (Å²) >= 11 is 0. The van der Waals surface area contributed by atoms with E-state index in [-0.39, 0.29) is 0 Å². The Hall–Kier alpha value is 0. The monoisotopic (exact) mass is 168 g/mol. The predicted octanol–water partition coefficient (Wildman–Crippen LogP) is 4.54. The van der Waals surface area contributed by atoms with E-state index in [9.17, 15) is 0 Å². The maximum absolute atomic E-state index is 2.37. The molecule has 0 saturated heterocycles. The summed E-state index contributed by atoms with van der Waals surface area (Å²) < 4.78 is 0. The van der Waals surface area contributed by atoms with Crippen LogP contribution >= 0.6 is 0 Å². The summed E-state index contributed by atoms with van der Waals surface area (Å²) in [4.78, 5) is 0. The fourth-order valence-corrected chi connectivity index (χ4v) is 2.38. The molecule has 0 aromatic carbocycles. The van der Waals surface area contributed by atoms with E-state index < -0.39 is 0 Å². The van der Waals surface area contributed by atoms with Crippen LogP contribution in [0.15, 0.2) is 0 Å². The third-order valence-electron chi connectivity index (χ3n) is 3.72. The minimum Gasteiger partial charge on any atom is -0.0654 e. The van der Waals surface area contributed by atoms with E-state index in [0.717, 1.165) is 5.41 Å². The summed E-state index contributed by atoms with van der Waals surface area (Å²) in [5.74, 6) is 0. The van der Waals surface area contributed by atoms with Crippen molar-refractivity contribution in [3.63, 3.8) is 0 Å². The van der Waals surface area contributed by atoms with Gasteiger partial charge in [0, 0.05) is 0 Å². The van der Waals surface area contributed by atoms with Crippen molar-refractivity contribution in [3.8, 4) is 0 Å². The van der Waals surface area contributed by atoms with Crippen LogP contribution in [-0.2, 0) is 0 Å². The molecular formula is C12H24. The Balaban J connectivity index is 2.04. The third kappa shape index (κ3) is 2.50. The largest absolute Gasteiger partial charge is 0.0654 e. The standard InChI is InChI=1S/C12H24/c1-3-5-6-7-9-12(4-2)10-8-11-12/h3-11H2,1-2H3. The Morgan fingerprint density at radius 1 is 1.00 bits per heavy atom. The molecule has 72 valence electrons. The zero-order valence-electron chi connectivity index (χ0n) is 8.86. The lowest BCUT2D eigenvalue weighted by Gasteiger charge is -2.41. The fourth-order valence-electron chi connectivity index (χ4n) is 2.38. The van der Waals surface area contributed by atoms with E-state index in [2.05, 4.69) is 13.8 Å². The Morgan fingerprint density at radius 3 is 2.17 bits per heavy atom. The van der Waals surface area contributed by atoms with Crippen LogP contribution in [-0.4, -0.2) is 0 Å². The Bertz CT molecular complexity index is 106. The molecule has 0 radical (unpaired) electrons. The van der Waals surface area contributed by atoms with Gasteiger partial charge in [-0.1, -0.05) is 52.4 Å². The molecule has 0 atom stereocenters. The number of hydrogen-bond donors (Lipinski definition) is 0. The second kappa shape index (κ2) is 4.89. The van der Waals surface area contributed by atoms with E-state index in [1.54, 1.807) is 0 Å². The van der Waals surface area contributed by atoms with E-state index in [4.69, 9.17) is 0 Å². The van der Waals surface area contributed by atoms with Crippen molar-refractivity contribution >= 4 is 0 Å². The number of hydrogen-bond acceptors (Lipinski definition) is 0. The van der Waals surface area contributed by atoms with Crippen LogP contribution < -0.4 is 0 Å². The third-order valence-corrected chi connectivity index (χ3v) is 3.72. The minimum absolute atomic E-state index is 0.813. The average molecular weight is 168 g/mol. The van der Waals surface area contributed by atoms with Crippen LogP contribution in [0.3, 0.4) is 0 Å². The van der Waals surface area contributed by atoms with Crippen LogP contribution in [0.4, 0.5) is 0 Å². The molecule has 0 spiro atoms. The molecular weight excluding hydrogens is 144 g/mol. The highest BCUT2D eigenvalue weighted by atomic mass is 14.4. The van der Waals surface area contributed by atoms with Crippen molar-refractivity contribution in [3.05, 3.63) is 0 Å². The number of rotatable bonds is 6. The van der Waals surface area contributed by atoms with Gasteiger partial charge in [-0.2, -0.15) is 0 Å². The molecule has 1 aliphatic carbocycles. The topological polar surface area (TPSA) is 0 Å². The molecule has 0 bridgehead atoms. The van der Waals surface area contributed by atoms with Crippen molar-refractivity contribution in [2.45, 2.75) is 71.6 Å². The van der Waals surface area contributed by atoms with Gasteiger partial charge in [0.05, 0.1) is 0 Å². The molecule has 0 aromatic rings. The highest BCUT2D eigenvalue weighted by Gasteiger charge is 2.33. The molecule has 0 amide bonds. The first kappa shape index (κ1) is 10.1. The average Bonchev–Trinajstić information content (AvgIpc) is 2.02. The molecule has 12 heavy (non-hydrogen) atoms. The van der Waals surface area contributed by atoms with Gasteiger partial charge in [-0.25, -0.2) is 0 Å².